The number of hydrogen-bond donors (Lipinski definition) is 2. The van der Waals surface area contributed by atoms with Crippen LogP contribution in [-0.2, 0) is 9.59 Å². The zero-order chi connectivity index (χ0) is 16.8. The van der Waals surface area contributed by atoms with Crippen molar-refractivity contribution in [3.05, 3.63) is 0 Å². The van der Waals surface area contributed by atoms with Crippen LogP contribution in [0.25, 0.3) is 0 Å². The normalized spacial score (nSPS) is 12.1. The molecular weight excluding hydrogens is 280 g/mol. The summed E-state index contributed by atoms with van der Waals surface area (Å²) >= 11 is 0. The molecule has 5 nitrogen and oxygen atoms in total. The second-order valence-electron chi connectivity index (χ2n) is 5.99. The summed E-state index contributed by atoms with van der Waals surface area (Å²) in [6.45, 7) is 5.81. The number of nitrogens with zero attached hydrogens (tertiary/aromatic N) is 1. The molecule has 5 heteroatoms. The molecule has 22 heavy (non-hydrogen) atoms. The maximum atomic E-state index is 12.4. The number of aliphatic carboxylic acids is 1. The van der Waals surface area contributed by atoms with E-state index in [0.29, 0.717) is 0 Å². The lowest BCUT2D eigenvalue weighted by Crippen LogP contribution is -2.44. The first-order valence-electron chi connectivity index (χ1n) is 8.79. The van der Waals surface area contributed by atoms with Crippen LogP contribution in [-0.4, -0.2) is 41.0 Å². The Balaban J connectivity index is 4.32. The molecule has 130 valence electrons. The molecular formula is C17H34N2O3. The van der Waals surface area contributed by atoms with Crippen molar-refractivity contribution in [2.24, 2.45) is 5.73 Å². The predicted octanol–water partition coefficient (Wildman–Crippen LogP) is 3.17. The first-order valence-corrected chi connectivity index (χ1v) is 8.79. The molecule has 0 aromatic carbocycles. The van der Waals surface area contributed by atoms with Gasteiger partial charge >= 0.3 is 5.97 Å². The monoisotopic (exact) mass is 314 g/mol. The average Bonchev–Trinajstić information content (AvgIpc) is 2.50. The summed E-state index contributed by atoms with van der Waals surface area (Å²) < 4.78 is 0. The van der Waals surface area contributed by atoms with Gasteiger partial charge in [0.1, 0.15) is 0 Å². The second-order valence-corrected chi connectivity index (χ2v) is 5.99. The number of carbonyl (C=O) groups excluding carboxylic acids is 1. The molecule has 1 unspecified atom stereocenters. The molecule has 0 fully saturated rings. The molecule has 0 heterocycles. The highest BCUT2D eigenvalue weighted by Crippen LogP contribution is 2.08. The van der Waals surface area contributed by atoms with Gasteiger partial charge in [-0.1, -0.05) is 52.4 Å². The van der Waals surface area contributed by atoms with E-state index in [1.165, 1.54) is 25.7 Å². The van der Waals surface area contributed by atoms with Crippen molar-refractivity contribution in [1.29, 1.82) is 0 Å². The van der Waals surface area contributed by atoms with Crippen molar-refractivity contribution in [1.82, 2.24) is 4.90 Å². The Kier molecular flexibility index (Phi) is 12.9. The van der Waals surface area contributed by atoms with E-state index in [-0.39, 0.29) is 18.7 Å². The summed E-state index contributed by atoms with van der Waals surface area (Å²) in [6.07, 6.45) is 9.12. The van der Waals surface area contributed by atoms with Crippen molar-refractivity contribution in [3.8, 4) is 0 Å². The molecule has 0 saturated heterocycles. The number of hydrogen-bond acceptors (Lipinski definition) is 3. The number of rotatable bonds is 14. The van der Waals surface area contributed by atoms with Crippen LogP contribution in [0.2, 0.25) is 0 Å². The quantitative estimate of drug-likeness (QED) is 0.482. The van der Waals surface area contributed by atoms with Gasteiger partial charge in [-0.05, 0) is 19.3 Å². The molecule has 0 aliphatic carbocycles. The molecule has 0 aliphatic heterocycles. The summed E-state index contributed by atoms with van der Waals surface area (Å²) in [5, 5.41) is 8.70. The van der Waals surface area contributed by atoms with E-state index in [1.807, 2.05) is 4.90 Å². The molecule has 3 N–H and O–H groups in total. The molecule has 0 spiro atoms. The topological polar surface area (TPSA) is 83.6 Å². The summed E-state index contributed by atoms with van der Waals surface area (Å²) in [5.74, 6) is -0.991. The van der Waals surface area contributed by atoms with Gasteiger partial charge in [0.2, 0.25) is 5.91 Å². The van der Waals surface area contributed by atoms with Crippen LogP contribution in [0.4, 0.5) is 0 Å². The number of carbonyl (C=O) groups is 2. The number of unbranched alkanes of at least 4 members (excludes halogenated alkanes) is 6. The summed E-state index contributed by atoms with van der Waals surface area (Å²) in [5.41, 5.74) is 5.87. The Labute approximate surface area is 135 Å². The van der Waals surface area contributed by atoms with Gasteiger partial charge < -0.3 is 15.7 Å². The second kappa shape index (κ2) is 13.6. The first kappa shape index (κ1) is 20.9. The Morgan fingerprint density at radius 2 is 1.45 bits per heavy atom. The average molecular weight is 314 g/mol. The lowest BCUT2D eigenvalue weighted by molar-refractivity contribution is -0.137. The van der Waals surface area contributed by atoms with Gasteiger partial charge in [-0.25, -0.2) is 0 Å². The van der Waals surface area contributed by atoms with E-state index in [9.17, 15) is 9.59 Å². The van der Waals surface area contributed by atoms with E-state index in [4.69, 9.17) is 10.8 Å². The molecule has 0 bridgehead atoms. The fraction of sp³-hybridized carbons (Fsp3) is 0.882. The third kappa shape index (κ3) is 10.6. The minimum Gasteiger partial charge on any atom is -0.481 e. The van der Waals surface area contributed by atoms with Gasteiger partial charge in [0, 0.05) is 19.5 Å². The molecule has 0 radical (unpaired) electrons. The van der Waals surface area contributed by atoms with Gasteiger partial charge in [0.15, 0.2) is 0 Å². The third-order valence-corrected chi connectivity index (χ3v) is 3.86. The van der Waals surface area contributed by atoms with Crippen molar-refractivity contribution < 1.29 is 14.7 Å². The van der Waals surface area contributed by atoms with Crippen molar-refractivity contribution >= 4 is 11.9 Å². The van der Waals surface area contributed by atoms with Gasteiger partial charge in [-0.15, -0.1) is 0 Å². The van der Waals surface area contributed by atoms with Crippen molar-refractivity contribution in [2.75, 3.05) is 13.1 Å². The molecule has 0 saturated carbocycles. The van der Waals surface area contributed by atoms with E-state index >= 15 is 0 Å². The minimum atomic E-state index is -0.902. The molecule has 0 rings (SSSR count). The fourth-order valence-corrected chi connectivity index (χ4v) is 2.43. The molecule has 0 aromatic heterocycles. The Bertz CT molecular complexity index is 296. The first-order chi connectivity index (χ1) is 10.5. The van der Waals surface area contributed by atoms with Gasteiger partial charge in [0.05, 0.1) is 6.04 Å². The summed E-state index contributed by atoms with van der Waals surface area (Å²) in [6, 6.07) is -0.687. The third-order valence-electron chi connectivity index (χ3n) is 3.86. The number of carboxylic acids is 1. The van der Waals surface area contributed by atoms with Crippen LogP contribution in [0.15, 0.2) is 0 Å². The Morgan fingerprint density at radius 1 is 0.955 bits per heavy atom. The van der Waals surface area contributed by atoms with Crippen LogP contribution in [0.1, 0.15) is 78.1 Å². The van der Waals surface area contributed by atoms with E-state index in [0.717, 1.165) is 38.8 Å². The van der Waals surface area contributed by atoms with Crippen LogP contribution >= 0.6 is 0 Å². The largest absolute Gasteiger partial charge is 0.481 e. The maximum absolute atomic E-state index is 12.4. The lowest BCUT2D eigenvalue weighted by Gasteiger charge is -2.26. The molecule has 0 aliphatic rings. The highest BCUT2D eigenvalue weighted by Gasteiger charge is 2.21. The highest BCUT2D eigenvalue weighted by molar-refractivity contribution is 5.82. The van der Waals surface area contributed by atoms with Crippen LogP contribution in [0.3, 0.4) is 0 Å². The molecule has 0 aromatic rings. The van der Waals surface area contributed by atoms with Crippen molar-refractivity contribution in [3.63, 3.8) is 0 Å². The van der Waals surface area contributed by atoms with Crippen LogP contribution in [0, 0.1) is 0 Å². The number of nitrogens with two attached hydrogens (primary N) is 1. The van der Waals surface area contributed by atoms with Gasteiger partial charge in [0.25, 0.3) is 0 Å². The Morgan fingerprint density at radius 3 is 1.86 bits per heavy atom. The van der Waals surface area contributed by atoms with E-state index < -0.39 is 12.0 Å². The minimum absolute atomic E-state index is 0.0492. The molecule has 1 atom stereocenters. The van der Waals surface area contributed by atoms with E-state index in [2.05, 4.69) is 13.8 Å². The van der Waals surface area contributed by atoms with Crippen molar-refractivity contribution in [2.45, 2.75) is 84.1 Å². The smallest absolute Gasteiger partial charge is 0.303 e. The van der Waals surface area contributed by atoms with Crippen LogP contribution < -0.4 is 5.73 Å². The Hall–Kier alpha value is -1.10. The van der Waals surface area contributed by atoms with Crippen LogP contribution in [0.5, 0.6) is 0 Å². The number of carboxylic acid groups (broad SMARTS) is 1. The summed E-state index contributed by atoms with van der Waals surface area (Å²) in [4.78, 5) is 24.8. The van der Waals surface area contributed by atoms with E-state index in [1.54, 1.807) is 0 Å². The predicted molar refractivity (Wildman–Crippen MR) is 89.7 cm³/mol. The zero-order valence-corrected chi connectivity index (χ0v) is 14.4. The standard InChI is InChI=1S/C17H34N2O3/c1-3-5-7-9-13-19(14-10-8-6-4-2)17(22)15(18)11-12-16(20)21/h15H,3-14,18H2,1-2H3,(H,20,21). The lowest BCUT2D eigenvalue weighted by atomic mass is 10.1. The fourth-order valence-electron chi connectivity index (χ4n) is 2.43. The van der Waals surface area contributed by atoms with Gasteiger partial charge in [-0.2, -0.15) is 0 Å². The molecule has 1 amide bonds. The zero-order valence-electron chi connectivity index (χ0n) is 14.4. The summed E-state index contributed by atoms with van der Waals surface area (Å²) in [7, 11) is 0. The maximum Gasteiger partial charge on any atom is 0.303 e. The SMILES string of the molecule is CCCCCCN(CCCCCC)C(=O)C(N)CCC(=O)O. The number of amides is 1. The highest BCUT2D eigenvalue weighted by atomic mass is 16.4. The van der Waals surface area contributed by atoms with Gasteiger partial charge in [-0.3, -0.25) is 9.59 Å².